The van der Waals surface area contributed by atoms with Crippen molar-refractivity contribution >= 4 is 29.4 Å². The fraction of sp³-hybridized carbons (Fsp3) is 0.545. The third kappa shape index (κ3) is 5.21. The first kappa shape index (κ1) is 22.7. The number of halogens is 1. The van der Waals surface area contributed by atoms with Gasteiger partial charge in [0.05, 0.1) is 30.7 Å². The van der Waals surface area contributed by atoms with Gasteiger partial charge in [0.2, 0.25) is 17.7 Å². The lowest BCUT2D eigenvalue weighted by molar-refractivity contribution is -0.152. The quantitative estimate of drug-likeness (QED) is 0.634. The van der Waals surface area contributed by atoms with Gasteiger partial charge in [-0.3, -0.25) is 19.2 Å². The van der Waals surface area contributed by atoms with Crippen LogP contribution in [-0.4, -0.2) is 73.3 Å². The second-order valence-corrected chi connectivity index (χ2v) is 7.98. The van der Waals surface area contributed by atoms with Gasteiger partial charge in [-0.1, -0.05) is 12.1 Å². The van der Waals surface area contributed by atoms with Crippen LogP contribution in [-0.2, 0) is 23.9 Å². The molecule has 31 heavy (non-hydrogen) atoms. The monoisotopic (exact) mass is 433 g/mol. The van der Waals surface area contributed by atoms with Gasteiger partial charge in [-0.15, -0.1) is 0 Å². The minimum absolute atomic E-state index is 0.0274. The van der Waals surface area contributed by atoms with E-state index in [1.54, 1.807) is 17.9 Å². The SMILES string of the molecule is CCOC(=O)C1CCCN(C(=O)CN(C)C(=O)C2CC(=O)N(c3ccccc3F)C2)C1. The molecule has 9 heteroatoms. The third-order valence-electron chi connectivity index (χ3n) is 5.76. The van der Waals surface area contributed by atoms with Gasteiger partial charge >= 0.3 is 5.97 Å². The Morgan fingerprint density at radius 2 is 1.94 bits per heavy atom. The van der Waals surface area contributed by atoms with Gasteiger partial charge in [0.1, 0.15) is 5.82 Å². The summed E-state index contributed by atoms with van der Waals surface area (Å²) in [5.41, 5.74) is 0.153. The summed E-state index contributed by atoms with van der Waals surface area (Å²) in [4.78, 5) is 54.0. The standard InChI is InChI=1S/C22H28FN3O5/c1-3-31-22(30)15-7-6-10-25(12-15)20(28)14-24(2)21(29)16-11-19(27)26(13-16)18-9-5-4-8-17(18)23/h4-5,8-9,15-16H,3,6-7,10-14H2,1-2H3. The lowest BCUT2D eigenvalue weighted by atomic mass is 9.98. The molecule has 0 bridgehead atoms. The summed E-state index contributed by atoms with van der Waals surface area (Å²) in [6.45, 7) is 2.78. The fourth-order valence-corrected chi connectivity index (χ4v) is 4.13. The highest BCUT2D eigenvalue weighted by atomic mass is 19.1. The zero-order chi connectivity index (χ0) is 22.5. The van der Waals surface area contributed by atoms with Crippen LogP contribution in [0.4, 0.5) is 10.1 Å². The summed E-state index contributed by atoms with van der Waals surface area (Å²) in [7, 11) is 1.52. The molecule has 2 heterocycles. The molecule has 2 aliphatic heterocycles. The van der Waals surface area contributed by atoms with Gasteiger partial charge in [0.25, 0.3) is 0 Å². The van der Waals surface area contributed by atoms with Crippen molar-refractivity contribution in [2.75, 3.05) is 44.7 Å². The second-order valence-electron chi connectivity index (χ2n) is 7.98. The van der Waals surface area contributed by atoms with Crippen molar-refractivity contribution in [1.82, 2.24) is 9.80 Å². The smallest absolute Gasteiger partial charge is 0.310 e. The van der Waals surface area contributed by atoms with Crippen molar-refractivity contribution in [3.63, 3.8) is 0 Å². The first-order valence-corrected chi connectivity index (χ1v) is 10.6. The third-order valence-corrected chi connectivity index (χ3v) is 5.76. The number of nitrogens with zero attached hydrogens (tertiary/aromatic N) is 3. The first-order valence-electron chi connectivity index (χ1n) is 10.6. The molecule has 2 aliphatic rings. The van der Waals surface area contributed by atoms with Gasteiger partial charge in [0, 0.05) is 33.1 Å². The number of hydrogen-bond acceptors (Lipinski definition) is 5. The molecular formula is C22H28FN3O5. The second kappa shape index (κ2) is 9.89. The maximum Gasteiger partial charge on any atom is 0.310 e. The number of amides is 3. The van der Waals surface area contributed by atoms with Gasteiger partial charge in [0.15, 0.2) is 0 Å². The Hall–Kier alpha value is -2.97. The van der Waals surface area contributed by atoms with Gasteiger partial charge in [-0.05, 0) is 31.9 Å². The number of rotatable bonds is 6. The number of likely N-dealkylation sites (tertiary alicyclic amines) is 1. The number of carbonyl (C=O) groups is 4. The van der Waals surface area contributed by atoms with Crippen LogP contribution in [0.25, 0.3) is 0 Å². The summed E-state index contributed by atoms with van der Waals surface area (Å²) >= 11 is 0. The van der Waals surface area contributed by atoms with Crippen LogP contribution in [0.1, 0.15) is 26.2 Å². The molecule has 2 saturated heterocycles. The van der Waals surface area contributed by atoms with Crippen molar-refractivity contribution in [3.8, 4) is 0 Å². The lowest BCUT2D eigenvalue weighted by Gasteiger charge is -2.33. The Bertz CT molecular complexity index is 861. The summed E-state index contributed by atoms with van der Waals surface area (Å²) in [5, 5.41) is 0. The Labute approximate surface area is 180 Å². The molecule has 1 aromatic rings. The van der Waals surface area contributed by atoms with E-state index >= 15 is 0 Å². The molecule has 3 rings (SSSR count). The van der Waals surface area contributed by atoms with Crippen LogP contribution in [0.2, 0.25) is 0 Å². The molecule has 0 aromatic heterocycles. The van der Waals surface area contributed by atoms with Gasteiger partial charge < -0.3 is 19.4 Å². The van der Waals surface area contributed by atoms with Crippen molar-refractivity contribution in [2.24, 2.45) is 11.8 Å². The average molecular weight is 433 g/mol. The number of anilines is 1. The average Bonchev–Trinajstić information content (AvgIpc) is 3.15. The fourth-order valence-electron chi connectivity index (χ4n) is 4.13. The van der Waals surface area contributed by atoms with Crippen LogP contribution in [0.15, 0.2) is 24.3 Å². The zero-order valence-corrected chi connectivity index (χ0v) is 17.9. The summed E-state index contributed by atoms with van der Waals surface area (Å²) in [6, 6.07) is 5.94. The number of carbonyl (C=O) groups excluding carboxylic acids is 4. The largest absolute Gasteiger partial charge is 0.466 e. The maximum absolute atomic E-state index is 14.0. The van der Waals surface area contributed by atoms with Crippen LogP contribution < -0.4 is 4.90 Å². The maximum atomic E-state index is 14.0. The van der Waals surface area contributed by atoms with E-state index in [4.69, 9.17) is 4.74 Å². The van der Waals surface area contributed by atoms with Crippen molar-refractivity contribution in [2.45, 2.75) is 26.2 Å². The van der Waals surface area contributed by atoms with Gasteiger partial charge in [-0.25, -0.2) is 4.39 Å². The summed E-state index contributed by atoms with van der Waals surface area (Å²) < 4.78 is 19.1. The molecule has 1 aromatic carbocycles. The highest BCUT2D eigenvalue weighted by molar-refractivity contribution is 6.00. The van der Waals surface area contributed by atoms with E-state index in [-0.39, 0.29) is 61.4 Å². The minimum atomic E-state index is -0.640. The highest BCUT2D eigenvalue weighted by Crippen LogP contribution is 2.28. The molecule has 3 amide bonds. The van der Waals surface area contributed by atoms with E-state index in [1.807, 2.05) is 0 Å². The number of hydrogen-bond donors (Lipinski definition) is 0. The Kier molecular flexibility index (Phi) is 7.25. The highest BCUT2D eigenvalue weighted by Gasteiger charge is 2.38. The van der Waals surface area contributed by atoms with E-state index < -0.39 is 11.7 Å². The van der Waals surface area contributed by atoms with E-state index in [1.165, 1.54) is 35.0 Å². The molecule has 2 atom stereocenters. The Morgan fingerprint density at radius 3 is 2.65 bits per heavy atom. The lowest BCUT2D eigenvalue weighted by Crippen LogP contribution is -2.48. The molecule has 168 valence electrons. The number of piperidine rings is 1. The van der Waals surface area contributed by atoms with E-state index in [9.17, 15) is 23.6 Å². The zero-order valence-electron chi connectivity index (χ0n) is 17.9. The van der Waals surface area contributed by atoms with Gasteiger partial charge in [-0.2, -0.15) is 0 Å². The van der Waals surface area contributed by atoms with Crippen LogP contribution in [0.5, 0.6) is 0 Å². The molecule has 0 saturated carbocycles. The van der Waals surface area contributed by atoms with E-state index in [0.29, 0.717) is 26.0 Å². The molecule has 2 fully saturated rings. The number of benzene rings is 1. The minimum Gasteiger partial charge on any atom is -0.466 e. The molecule has 2 unspecified atom stereocenters. The first-order chi connectivity index (χ1) is 14.8. The Morgan fingerprint density at radius 1 is 1.19 bits per heavy atom. The predicted octanol–water partition coefficient (Wildman–Crippen LogP) is 1.44. The van der Waals surface area contributed by atoms with Crippen molar-refractivity contribution < 1.29 is 28.3 Å². The topological polar surface area (TPSA) is 87.2 Å². The van der Waals surface area contributed by atoms with Crippen molar-refractivity contribution in [1.29, 1.82) is 0 Å². The number of para-hydroxylation sites is 1. The van der Waals surface area contributed by atoms with Crippen LogP contribution >= 0.6 is 0 Å². The molecule has 0 aliphatic carbocycles. The molecule has 8 nitrogen and oxygen atoms in total. The van der Waals surface area contributed by atoms with Crippen LogP contribution in [0.3, 0.4) is 0 Å². The number of esters is 1. The van der Waals surface area contributed by atoms with E-state index in [0.717, 1.165) is 0 Å². The molecule has 0 spiro atoms. The van der Waals surface area contributed by atoms with Crippen molar-refractivity contribution in [3.05, 3.63) is 30.1 Å². The molecular weight excluding hydrogens is 405 g/mol. The van der Waals surface area contributed by atoms with Crippen LogP contribution in [0, 0.1) is 17.7 Å². The Balaban J connectivity index is 1.57. The molecule has 0 N–H and O–H groups in total. The number of likely N-dealkylation sites (N-methyl/N-ethyl adjacent to an activating group) is 1. The molecule has 0 radical (unpaired) electrons. The normalized spacial score (nSPS) is 21.2. The van der Waals surface area contributed by atoms with E-state index in [2.05, 4.69) is 0 Å². The summed E-state index contributed by atoms with van der Waals surface area (Å²) in [5.74, 6) is -2.72. The predicted molar refractivity (Wildman–Crippen MR) is 110 cm³/mol. The number of ether oxygens (including phenoxy) is 1. The summed E-state index contributed by atoms with van der Waals surface area (Å²) in [6.07, 6.45) is 1.34.